The molecule has 3 amide bonds. The first-order valence-corrected chi connectivity index (χ1v) is 10.4. The molecule has 0 bridgehead atoms. The molecular formula is C23H24N4O3. The summed E-state index contributed by atoms with van der Waals surface area (Å²) >= 11 is 0. The molecule has 2 aromatic rings. The summed E-state index contributed by atoms with van der Waals surface area (Å²) in [7, 11) is 0. The van der Waals surface area contributed by atoms with E-state index in [4.69, 9.17) is 0 Å². The Morgan fingerprint density at radius 1 is 1.17 bits per heavy atom. The summed E-state index contributed by atoms with van der Waals surface area (Å²) in [5.74, 6) is -0.277. The van der Waals surface area contributed by atoms with Crippen LogP contribution in [-0.2, 0) is 16.1 Å². The van der Waals surface area contributed by atoms with Crippen LogP contribution in [0.2, 0.25) is 0 Å². The lowest BCUT2D eigenvalue weighted by Gasteiger charge is -2.48. The average molecular weight is 404 g/mol. The lowest BCUT2D eigenvalue weighted by atomic mass is 9.98. The van der Waals surface area contributed by atoms with Gasteiger partial charge in [0.15, 0.2) is 0 Å². The number of aromatic nitrogens is 1. The van der Waals surface area contributed by atoms with Crippen LogP contribution in [0.1, 0.15) is 48.5 Å². The molecule has 1 aromatic heterocycles. The third-order valence-electron chi connectivity index (χ3n) is 6.45. The van der Waals surface area contributed by atoms with E-state index in [0.717, 1.165) is 18.4 Å². The first kappa shape index (κ1) is 18.8. The third kappa shape index (κ3) is 2.96. The van der Waals surface area contributed by atoms with E-state index >= 15 is 0 Å². The number of hydrogen-bond donors (Lipinski definition) is 0. The smallest absolute Gasteiger partial charge is 0.258 e. The second-order valence-electron chi connectivity index (χ2n) is 8.46. The monoisotopic (exact) mass is 404 g/mol. The van der Waals surface area contributed by atoms with E-state index in [1.165, 1.54) is 0 Å². The van der Waals surface area contributed by atoms with Crippen molar-refractivity contribution in [3.05, 3.63) is 59.9 Å². The number of anilines is 1. The van der Waals surface area contributed by atoms with Crippen molar-refractivity contribution in [3.8, 4) is 0 Å². The summed E-state index contributed by atoms with van der Waals surface area (Å²) in [5, 5.41) is 0. The third-order valence-corrected chi connectivity index (χ3v) is 6.45. The van der Waals surface area contributed by atoms with E-state index in [9.17, 15) is 14.4 Å². The van der Waals surface area contributed by atoms with Crippen molar-refractivity contribution in [2.45, 2.75) is 50.9 Å². The van der Waals surface area contributed by atoms with Crippen LogP contribution in [0.15, 0.2) is 48.8 Å². The van der Waals surface area contributed by atoms with Crippen LogP contribution in [0, 0.1) is 0 Å². The molecule has 1 aromatic carbocycles. The molecule has 154 valence electrons. The Morgan fingerprint density at radius 2 is 1.90 bits per heavy atom. The number of pyridine rings is 1. The Kier molecular flexibility index (Phi) is 4.34. The van der Waals surface area contributed by atoms with Crippen molar-refractivity contribution < 1.29 is 14.4 Å². The second-order valence-corrected chi connectivity index (χ2v) is 8.46. The number of fused-ring (bicyclic) bond motifs is 3. The Labute approximate surface area is 175 Å². The minimum absolute atomic E-state index is 0.00858. The second kappa shape index (κ2) is 6.93. The predicted molar refractivity (Wildman–Crippen MR) is 110 cm³/mol. The molecule has 1 unspecified atom stereocenters. The molecule has 7 nitrogen and oxygen atoms in total. The van der Waals surface area contributed by atoms with Crippen LogP contribution in [0.5, 0.6) is 0 Å². The standard InChI is InChI=1S/C23H24N4O3/c1-23-11-8-20(28)27(23)19-5-3-2-4-18(19)22(30)26(23)15-21(29)25(17-6-7-17)14-16-9-12-24-13-10-16/h2-5,9-10,12-13,17H,6-8,11,14-15H2,1H3. The van der Waals surface area contributed by atoms with Gasteiger partial charge in [0.2, 0.25) is 11.8 Å². The van der Waals surface area contributed by atoms with Gasteiger partial charge in [-0.05, 0) is 56.0 Å². The van der Waals surface area contributed by atoms with Gasteiger partial charge in [-0.3, -0.25) is 24.3 Å². The highest BCUT2D eigenvalue weighted by molar-refractivity contribution is 6.11. The van der Waals surface area contributed by atoms with Crippen molar-refractivity contribution in [1.29, 1.82) is 0 Å². The number of hydrogen-bond acceptors (Lipinski definition) is 4. The molecular weight excluding hydrogens is 380 g/mol. The number of amides is 3. The van der Waals surface area contributed by atoms with Crippen molar-refractivity contribution in [2.24, 2.45) is 0 Å². The lowest BCUT2D eigenvalue weighted by molar-refractivity contribution is -0.134. The Hall–Kier alpha value is -3.22. The zero-order chi connectivity index (χ0) is 20.9. The summed E-state index contributed by atoms with van der Waals surface area (Å²) in [5.41, 5.74) is 1.32. The number of rotatable bonds is 5. The van der Waals surface area contributed by atoms with Gasteiger partial charge in [0.1, 0.15) is 12.2 Å². The average Bonchev–Trinajstić information content (AvgIpc) is 3.55. The van der Waals surface area contributed by atoms with Crippen LogP contribution in [0.25, 0.3) is 0 Å². The fourth-order valence-corrected chi connectivity index (χ4v) is 4.66. The van der Waals surface area contributed by atoms with E-state index in [1.807, 2.05) is 36.1 Å². The van der Waals surface area contributed by atoms with Gasteiger partial charge in [-0.15, -0.1) is 0 Å². The van der Waals surface area contributed by atoms with Crippen LogP contribution in [-0.4, -0.2) is 50.8 Å². The van der Waals surface area contributed by atoms with Gasteiger partial charge in [0, 0.05) is 31.4 Å². The minimum Gasteiger partial charge on any atom is -0.334 e. The topological polar surface area (TPSA) is 73.8 Å². The quantitative estimate of drug-likeness (QED) is 0.768. The molecule has 1 atom stereocenters. The Morgan fingerprint density at radius 3 is 2.63 bits per heavy atom. The maximum Gasteiger partial charge on any atom is 0.258 e. The molecule has 0 spiro atoms. The van der Waals surface area contributed by atoms with Gasteiger partial charge in [0.25, 0.3) is 5.91 Å². The number of carbonyl (C=O) groups excluding carboxylic acids is 3. The van der Waals surface area contributed by atoms with Crippen LogP contribution >= 0.6 is 0 Å². The molecule has 5 rings (SSSR count). The molecule has 1 saturated heterocycles. The maximum atomic E-state index is 13.4. The number of carbonyl (C=O) groups is 3. The SMILES string of the molecule is CC12CCC(=O)N1c1ccccc1C(=O)N2CC(=O)N(Cc1ccncc1)C1CC1. The summed E-state index contributed by atoms with van der Waals surface area (Å²) in [6.07, 6.45) is 6.29. The highest BCUT2D eigenvalue weighted by Gasteiger charge is 2.53. The highest BCUT2D eigenvalue weighted by Crippen LogP contribution is 2.44. The molecule has 0 radical (unpaired) electrons. The van der Waals surface area contributed by atoms with E-state index in [0.29, 0.717) is 30.6 Å². The molecule has 3 heterocycles. The van der Waals surface area contributed by atoms with Crippen LogP contribution in [0.4, 0.5) is 5.69 Å². The summed E-state index contributed by atoms with van der Waals surface area (Å²) < 4.78 is 0. The summed E-state index contributed by atoms with van der Waals surface area (Å²) in [6, 6.07) is 11.2. The fourth-order valence-electron chi connectivity index (χ4n) is 4.66. The van der Waals surface area contributed by atoms with Crippen molar-refractivity contribution in [3.63, 3.8) is 0 Å². The van der Waals surface area contributed by atoms with Crippen LogP contribution in [0.3, 0.4) is 0 Å². The number of para-hydroxylation sites is 1. The normalized spacial score (nSPS) is 22.7. The molecule has 7 heteroatoms. The Bertz CT molecular complexity index is 1020. The van der Waals surface area contributed by atoms with E-state index in [-0.39, 0.29) is 30.3 Å². The van der Waals surface area contributed by atoms with Crippen molar-refractivity contribution in [2.75, 3.05) is 11.4 Å². The van der Waals surface area contributed by atoms with Gasteiger partial charge in [-0.1, -0.05) is 12.1 Å². The molecule has 2 aliphatic heterocycles. The lowest BCUT2D eigenvalue weighted by Crippen LogP contribution is -2.64. The van der Waals surface area contributed by atoms with E-state index in [2.05, 4.69) is 4.98 Å². The van der Waals surface area contributed by atoms with Crippen molar-refractivity contribution >= 4 is 23.4 Å². The zero-order valence-corrected chi connectivity index (χ0v) is 17.0. The minimum atomic E-state index is -0.815. The molecule has 30 heavy (non-hydrogen) atoms. The molecule has 1 aliphatic carbocycles. The first-order chi connectivity index (χ1) is 14.5. The highest BCUT2D eigenvalue weighted by atomic mass is 16.2. The van der Waals surface area contributed by atoms with Crippen molar-refractivity contribution in [1.82, 2.24) is 14.8 Å². The summed E-state index contributed by atoms with van der Waals surface area (Å²) in [6.45, 7) is 2.36. The molecule has 0 N–H and O–H groups in total. The van der Waals surface area contributed by atoms with Gasteiger partial charge in [-0.25, -0.2) is 0 Å². The molecule has 3 aliphatic rings. The van der Waals surface area contributed by atoms with Gasteiger partial charge in [-0.2, -0.15) is 0 Å². The number of benzene rings is 1. The zero-order valence-electron chi connectivity index (χ0n) is 17.0. The van der Waals surface area contributed by atoms with E-state index in [1.54, 1.807) is 34.3 Å². The fraction of sp³-hybridized carbons (Fsp3) is 0.391. The maximum absolute atomic E-state index is 13.4. The number of nitrogens with zero attached hydrogens (tertiary/aromatic N) is 4. The van der Waals surface area contributed by atoms with Gasteiger partial charge < -0.3 is 9.80 Å². The molecule has 1 saturated carbocycles. The van der Waals surface area contributed by atoms with Gasteiger partial charge in [0.05, 0.1) is 11.3 Å². The van der Waals surface area contributed by atoms with E-state index < -0.39 is 5.66 Å². The largest absolute Gasteiger partial charge is 0.334 e. The predicted octanol–water partition coefficient (Wildman–Crippen LogP) is 2.57. The first-order valence-electron chi connectivity index (χ1n) is 10.4. The van der Waals surface area contributed by atoms with Gasteiger partial charge >= 0.3 is 0 Å². The van der Waals surface area contributed by atoms with Crippen LogP contribution < -0.4 is 4.90 Å². The molecule has 2 fully saturated rings. The summed E-state index contributed by atoms with van der Waals surface area (Å²) in [4.78, 5) is 48.7. The Balaban J connectivity index is 1.45.